The highest BCUT2D eigenvalue weighted by molar-refractivity contribution is 6.66. The summed E-state index contributed by atoms with van der Waals surface area (Å²) in [5.74, 6) is 0.727. The van der Waals surface area contributed by atoms with Gasteiger partial charge in [-0.25, -0.2) is 4.98 Å². The van der Waals surface area contributed by atoms with Gasteiger partial charge in [-0.2, -0.15) is 0 Å². The molecular weight excluding hydrogens is 218 g/mol. The average Bonchev–Trinajstić information content (AvgIpc) is 2.50. The Kier molecular flexibility index (Phi) is 3.80. The molecule has 1 heterocycles. The Morgan fingerprint density at radius 3 is 2.62 bits per heavy atom. The van der Waals surface area contributed by atoms with E-state index in [1.807, 2.05) is 0 Å². The van der Waals surface area contributed by atoms with E-state index in [-0.39, 0.29) is 6.54 Å². The van der Waals surface area contributed by atoms with Crippen molar-refractivity contribution in [3.05, 3.63) is 30.3 Å². The molecule has 3 nitrogen and oxygen atoms in total. The highest BCUT2D eigenvalue weighted by Crippen LogP contribution is 2.19. The third kappa shape index (κ3) is 3.41. The number of rotatable bonds is 5. The van der Waals surface area contributed by atoms with E-state index in [0.717, 1.165) is 5.82 Å². The van der Waals surface area contributed by atoms with Gasteiger partial charge in [-0.3, -0.25) is 4.90 Å². The summed E-state index contributed by atoms with van der Waals surface area (Å²) in [7, 11) is 3.42. The highest BCUT2D eigenvalue weighted by Gasteiger charge is 2.27. The fraction of sp³-hybridized carbons (Fsp3) is 0.444. The quantitative estimate of drug-likeness (QED) is 0.721. The first-order chi connectivity index (χ1) is 7.30. The van der Waals surface area contributed by atoms with Crippen LogP contribution in [0, 0.1) is 0 Å². The number of hydrogen-bond acceptors (Lipinski definition) is 2. The molecule has 0 saturated heterocycles. The molecule has 1 aromatic heterocycles. The van der Waals surface area contributed by atoms with Gasteiger partial charge in [-0.15, -0.1) is 12.1 Å². The second-order valence-corrected chi connectivity index (χ2v) is 3.86. The van der Waals surface area contributed by atoms with Crippen LogP contribution in [-0.2, 0) is 13.6 Å². The van der Waals surface area contributed by atoms with Gasteiger partial charge < -0.3 is 17.5 Å². The van der Waals surface area contributed by atoms with Crippen LogP contribution in [-0.4, -0.2) is 35.0 Å². The molecule has 0 bridgehead atoms. The van der Waals surface area contributed by atoms with Crippen LogP contribution >= 0.6 is 0 Å². The molecule has 0 aromatic carbocycles. The molecule has 0 radical (unpaired) electrons. The van der Waals surface area contributed by atoms with Crippen LogP contribution in [0.2, 0.25) is 0 Å². The van der Waals surface area contributed by atoms with Gasteiger partial charge in [0, 0.05) is 19.4 Å². The van der Waals surface area contributed by atoms with Crippen LogP contribution in [0.1, 0.15) is 5.82 Å². The van der Waals surface area contributed by atoms with Crippen molar-refractivity contribution in [3.63, 3.8) is 0 Å². The second kappa shape index (κ2) is 4.73. The lowest BCUT2D eigenvalue weighted by Crippen LogP contribution is -2.30. The summed E-state index contributed by atoms with van der Waals surface area (Å²) >= 11 is 0. The Morgan fingerprint density at radius 2 is 2.19 bits per heavy atom. The molecule has 0 aliphatic heterocycles. The first-order valence-electron chi connectivity index (χ1n) is 4.83. The smallest absolute Gasteiger partial charge is 0.445 e. The Hall–Kier alpha value is -1.24. The lowest BCUT2D eigenvalue weighted by molar-refractivity contribution is 0.337. The monoisotopic (exact) mass is 232 g/mol. The average molecular weight is 232 g/mol. The molecule has 7 heteroatoms. The molecule has 0 spiro atoms. The molecule has 0 atom stereocenters. The second-order valence-electron chi connectivity index (χ2n) is 3.86. The number of nitrogens with zero attached hydrogens (tertiary/aromatic N) is 3. The van der Waals surface area contributed by atoms with Gasteiger partial charge in [0.05, 0.1) is 6.54 Å². The summed E-state index contributed by atoms with van der Waals surface area (Å²) in [6.45, 7) is -1.71. The summed E-state index contributed by atoms with van der Waals surface area (Å²) in [5, 5.41) is 0. The molecule has 0 amide bonds. The lowest BCUT2D eigenvalue weighted by atomic mass is 9.80. The fourth-order valence-corrected chi connectivity index (χ4v) is 1.30. The van der Waals surface area contributed by atoms with E-state index in [1.165, 1.54) is 0 Å². The molecular formula is C9H14BF3N3-. The number of aryl methyl sites for hydroxylation is 1. The molecule has 0 saturated carbocycles. The van der Waals surface area contributed by atoms with Gasteiger partial charge in [0.25, 0.3) is 0 Å². The Labute approximate surface area is 92.6 Å². The van der Waals surface area contributed by atoms with E-state index in [4.69, 9.17) is 0 Å². The molecule has 0 fully saturated rings. The Balaban J connectivity index is 2.52. The van der Waals surface area contributed by atoms with Crippen molar-refractivity contribution in [1.82, 2.24) is 14.5 Å². The molecule has 1 rings (SSSR count). The third-order valence-electron chi connectivity index (χ3n) is 2.27. The van der Waals surface area contributed by atoms with E-state index in [1.54, 1.807) is 36.0 Å². The summed E-state index contributed by atoms with van der Waals surface area (Å²) in [6.07, 6.45) is 3.37. The summed E-state index contributed by atoms with van der Waals surface area (Å²) < 4.78 is 38.6. The van der Waals surface area contributed by atoms with Crippen LogP contribution in [0.25, 0.3) is 0 Å². The van der Waals surface area contributed by atoms with E-state index in [0.29, 0.717) is 6.54 Å². The van der Waals surface area contributed by atoms with Crippen molar-refractivity contribution in [3.8, 4) is 0 Å². The highest BCUT2D eigenvalue weighted by atomic mass is 19.4. The predicted octanol–water partition coefficient (Wildman–Crippen LogP) is 1.79. The van der Waals surface area contributed by atoms with Gasteiger partial charge in [0.15, 0.2) is 0 Å². The van der Waals surface area contributed by atoms with Crippen LogP contribution in [0.5, 0.6) is 0 Å². The minimum atomic E-state index is -4.94. The number of aromatic nitrogens is 2. The van der Waals surface area contributed by atoms with E-state index < -0.39 is 12.4 Å². The molecule has 0 aliphatic rings. The van der Waals surface area contributed by atoms with E-state index in [9.17, 15) is 12.9 Å². The Morgan fingerprint density at radius 1 is 1.56 bits per heavy atom. The first-order valence-corrected chi connectivity index (χ1v) is 4.83. The zero-order valence-corrected chi connectivity index (χ0v) is 9.33. The maximum absolute atomic E-state index is 12.3. The van der Waals surface area contributed by atoms with Crippen LogP contribution in [0.4, 0.5) is 12.9 Å². The van der Waals surface area contributed by atoms with Gasteiger partial charge in [-0.05, 0) is 13.6 Å². The van der Waals surface area contributed by atoms with E-state index >= 15 is 0 Å². The molecule has 90 valence electrons. The summed E-state index contributed by atoms with van der Waals surface area (Å²) in [5.41, 5.74) is -0.684. The molecule has 0 N–H and O–H groups in total. The zero-order valence-electron chi connectivity index (χ0n) is 9.33. The SMILES string of the molecule is C=C(CN(C)Cc1nccn1C)[B-](F)(F)F. The number of likely N-dealkylation sites (N-methyl/N-ethyl adjacent to an activating group) is 1. The third-order valence-corrected chi connectivity index (χ3v) is 2.27. The van der Waals surface area contributed by atoms with Gasteiger partial charge in [0.2, 0.25) is 0 Å². The molecule has 0 unspecified atom stereocenters. The Bertz CT molecular complexity index is 372. The van der Waals surface area contributed by atoms with Crippen molar-refractivity contribution < 1.29 is 12.9 Å². The molecule has 1 aromatic rings. The number of halogens is 3. The minimum Gasteiger partial charge on any atom is -0.445 e. The number of hydrogen-bond donors (Lipinski definition) is 0. The lowest BCUT2D eigenvalue weighted by Gasteiger charge is -2.23. The van der Waals surface area contributed by atoms with Crippen molar-refractivity contribution in [2.45, 2.75) is 6.54 Å². The summed E-state index contributed by atoms with van der Waals surface area (Å²) in [6, 6.07) is 0. The summed E-state index contributed by atoms with van der Waals surface area (Å²) in [4.78, 5) is 5.58. The number of imidazole rings is 1. The first kappa shape index (κ1) is 12.8. The van der Waals surface area contributed by atoms with Crippen molar-refractivity contribution in [2.75, 3.05) is 13.6 Å². The maximum Gasteiger partial charge on any atom is 0.506 e. The standard InChI is InChI=1S/C9H14BF3N3/c1-8(10(11,12)13)6-15(2)7-9-14-4-5-16(9)3/h4-5H,1,6-7H2,2-3H3/q-1. The minimum absolute atomic E-state index is 0.184. The van der Waals surface area contributed by atoms with Gasteiger partial charge >= 0.3 is 6.98 Å². The fourth-order valence-electron chi connectivity index (χ4n) is 1.30. The topological polar surface area (TPSA) is 21.1 Å². The van der Waals surface area contributed by atoms with Gasteiger partial charge in [0.1, 0.15) is 5.82 Å². The van der Waals surface area contributed by atoms with Crippen molar-refractivity contribution in [1.29, 1.82) is 0 Å². The predicted molar refractivity (Wildman–Crippen MR) is 57.8 cm³/mol. The maximum atomic E-state index is 12.3. The molecule has 16 heavy (non-hydrogen) atoms. The van der Waals surface area contributed by atoms with Gasteiger partial charge in [-0.1, -0.05) is 0 Å². The largest absolute Gasteiger partial charge is 0.506 e. The van der Waals surface area contributed by atoms with Crippen molar-refractivity contribution >= 4 is 6.98 Å². The van der Waals surface area contributed by atoms with E-state index in [2.05, 4.69) is 11.6 Å². The normalized spacial score (nSPS) is 12.1. The van der Waals surface area contributed by atoms with Crippen molar-refractivity contribution in [2.24, 2.45) is 7.05 Å². The van der Waals surface area contributed by atoms with Crippen LogP contribution < -0.4 is 0 Å². The van der Waals surface area contributed by atoms with Crippen LogP contribution in [0.15, 0.2) is 24.4 Å². The zero-order chi connectivity index (χ0) is 12.3. The molecule has 0 aliphatic carbocycles. The van der Waals surface area contributed by atoms with Crippen LogP contribution in [0.3, 0.4) is 0 Å².